The summed E-state index contributed by atoms with van der Waals surface area (Å²) in [4.78, 5) is 14.0. The van der Waals surface area contributed by atoms with Gasteiger partial charge in [-0.25, -0.2) is 0 Å². The second-order valence-electron chi connectivity index (χ2n) is 4.30. The van der Waals surface area contributed by atoms with Crippen LogP contribution in [0.15, 0.2) is 24.3 Å². The van der Waals surface area contributed by atoms with Crippen molar-refractivity contribution in [3.05, 3.63) is 24.3 Å². The molecule has 0 spiro atoms. The minimum atomic E-state index is -1.67. The van der Waals surface area contributed by atoms with Gasteiger partial charge in [0.05, 0.1) is 1.37 Å². The topological polar surface area (TPSA) is 50.8 Å². The van der Waals surface area contributed by atoms with E-state index >= 15 is 0 Å². The fraction of sp³-hybridized carbons (Fsp3) is 0.462. The van der Waals surface area contributed by atoms with Crippen LogP contribution in [-0.4, -0.2) is 49.7 Å². The van der Waals surface area contributed by atoms with Crippen molar-refractivity contribution in [1.82, 2.24) is 10.2 Å². The summed E-state index contributed by atoms with van der Waals surface area (Å²) in [5.41, 5.74) is 0. The van der Waals surface area contributed by atoms with Crippen LogP contribution < -0.4 is 14.8 Å². The molecule has 5 heteroatoms. The second kappa shape index (κ2) is 4.86. The van der Waals surface area contributed by atoms with Crippen LogP contribution >= 0.6 is 0 Å². The average Bonchev–Trinajstić information content (AvgIpc) is 2.47. The first-order valence-corrected chi connectivity index (χ1v) is 6.10. The number of amides is 1. The van der Waals surface area contributed by atoms with E-state index < -0.39 is 6.08 Å². The molecule has 96 valence electrons. The lowest BCUT2D eigenvalue weighted by molar-refractivity contribution is -0.141. The van der Waals surface area contributed by atoms with Crippen molar-refractivity contribution >= 4 is 5.91 Å². The number of fused-ring (bicyclic) bond motifs is 1. The van der Waals surface area contributed by atoms with Gasteiger partial charge in [0.25, 0.3) is 5.91 Å². The Labute approximate surface area is 107 Å². The number of hydrogen-bond acceptors (Lipinski definition) is 4. The predicted molar refractivity (Wildman–Crippen MR) is 65.8 cm³/mol. The fourth-order valence-corrected chi connectivity index (χ4v) is 2.11. The molecule has 1 atom stereocenters. The summed E-state index contributed by atoms with van der Waals surface area (Å²) in [5.74, 6) is 0.703. The van der Waals surface area contributed by atoms with Gasteiger partial charge >= 0.3 is 0 Å². The molecule has 2 aliphatic rings. The number of rotatable bonds is 1. The minimum Gasteiger partial charge on any atom is -0.485 e. The van der Waals surface area contributed by atoms with E-state index in [4.69, 9.17) is 10.8 Å². The minimum absolute atomic E-state index is 0.0766. The molecule has 0 aromatic heterocycles. The number of carbonyl (C=O) groups is 1. The van der Waals surface area contributed by atoms with Crippen molar-refractivity contribution in [2.75, 3.05) is 32.8 Å². The van der Waals surface area contributed by atoms with E-state index in [1.54, 1.807) is 23.1 Å². The molecule has 18 heavy (non-hydrogen) atoms. The quantitative estimate of drug-likeness (QED) is 0.775. The van der Waals surface area contributed by atoms with Crippen molar-refractivity contribution in [2.45, 2.75) is 6.08 Å². The largest absolute Gasteiger partial charge is 0.485 e. The number of ether oxygens (including phenoxy) is 2. The highest BCUT2D eigenvalue weighted by Gasteiger charge is 2.31. The molecule has 2 heterocycles. The Bertz CT molecular complexity index is 491. The van der Waals surface area contributed by atoms with Crippen molar-refractivity contribution in [2.24, 2.45) is 0 Å². The Morgan fingerprint density at radius 2 is 2.06 bits per heavy atom. The summed E-state index contributed by atoms with van der Waals surface area (Å²) in [5, 5.41) is 3.17. The molecule has 1 amide bonds. The van der Waals surface area contributed by atoms with Gasteiger partial charge in [0.15, 0.2) is 11.5 Å². The molecule has 0 saturated carbocycles. The lowest BCUT2D eigenvalue weighted by Crippen LogP contribution is -2.52. The van der Waals surface area contributed by atoms with Gasteiger partial charge in [-0.05, 0) is 12.1 Å². The molecule has 1 unspecified atom stereocenters. The number of hydrogen-bond donors (Lipinski definition) is 1. The number of nitrogens with zero attached hydrogens (tertiary/aromatic N) is 1. The standard InChI is InChI=1S/C13H16N2O3/c16-13(15-7-5-14-6-8-15)12-9-17-10-3-1-2-4-11(10)18-12/h1-4,12,14H,5-9H2/i12D. The average molecular weight is 249 g/mol. The third-order valence-electron chi connectivity index (χ3n) is 3.08. The summed E-state index contributed by atoms with van der Waals surface area (Å²) in [7, 11) is 0. The molecule has 2 aliphatic heterocycles. The molecule has 1 saturated heterocycles. The van der Waals surface area contributed by atoms with Gasteiger partial charge in [0, 0.05) is 26.2 Å². The molecule has 1 aromatic carbocycles. The highest BCUT2D eigenvalue weighted by Crippen LogP contribution is 2.31. The summed E-state index contributed by atoms with van der Waals surface area (Å²) in [6.07, 6.45) is -1.67. The van der Waals surface area contributed by atoms with Gasteiger partial charge in [0.1, 0.15) is 6.61 Å². The van der Waals surface area contributed by atoms with E-state index in [2.05, 4.69) is 5.32 Å². The van der Waals surface area contributed by atoms with Crippen LogP contribution in [0.25, 0.3) is 0 Å². The van der Waals surface area contributed by atoms with Crippen LogP contribution in [0.5, 0.6) is 11.5 Å². The van der Waals surface area contributed by atoms with E-state index in [9.17, 15) is 4.79 Å². The Balaban J connectivity index is 1.79. The zero-order valence-electron chi connectivity index (χ0n) is 11.0. The number of para-hydroxylation sites is 2. The van der Waals surface area contributed by atoms with Crippen LogP contribution in [0.3, 0.4) is 0 Å². The molecule has 1 N–H and O–H groups in total. The number of carbonyl (C=O) groups excluding carboxylic acids is 1. The van der Waals surface area contributed by atoms with E-state index in [-0.39, 0.29) is 12.5 Å². The number of piperazine rings is 1. The SMILES string of the molecule is [2H]C1(C(=O)N2CCNCC2)COc2ccccc2O1. The molecule has 5 nitrogen and oxygen atoms in total. The Hall–Kier alpha value is -1.75. The monoisotopic (exact) mass is 249 g/mol. The normalized spacial score (nSPS) is 27.6. The highest BCUT2D eigenvalue weighted by molar-refractivity contribution is 5.82. The van der Waals surface area contributed by atoms with Gasteiger partial charge in [-0.2, -0.15) is 0 Å². The molecule has 1 fully saturated rings. The van der Waals surface area contributed by atoms with Crippen molar-refractivity contribution in [1.29, 1.82) is 0 Å². The van der Waals surface area contributed by atoms with E-state index in [1.807, 2.05) is 6.07 Å². The first-order chi connectivity index (χ1) is 9.19. The van der Waals surface area contributed by atoms with Crippen LogP contribution in [0.2, 0.25) is 0 Å². The van der Waals surface area contributed by atoms with Crippen molar-refractivity contribution in [3.8, 4) is 11.5 Å². The van der Waals surface area contributed by atoms with Crippen LogP contribution in [0.4, 0.5) is 0 Å². The number of benzene rings is 1. The van der Waals surface area contributed by atoms with Crippen molar-refractivity contribution < 1.29 is 15.6 Å². The molecular weight excluding hydrogens is 232 g/mol. The third kappa shape index (κ3) is 2.13. The van der Waals surface area contributed by atoms with Gasteiger partial charge in [-0.3, -0.25) is 4.79 Å². The smallest absolute Gasteiger partial charge is 0.267 e. The zero-order valence-corrected chi connectivity index (χ0v) is 10.0. The Kier molecular flexibility index (Phi) is 2.75. The molecular formula is C13H16N2O3. The maximum Gasteiger partial charge on any atom is 0.267 e. The highest BCUT2D eigenvalue weighted by atomic mass is 16.6. The molecule has 1 aromatic rings. The molecule has 0 radical (unpaired) electrons. The van der Waals surface area contributed by atoms with Gasteiger partial charge in [0.2, 0.25) is 6.08 Å². The Morgan fingerprint density at radius 3 is 2.83 bits per heavy atom. The van der Waals surface area contributed by atoms with Crippen LogP contribution in [0.1, 0.15) is 1.37 Å². The van der Waals surface area contributed by atoms with Crippen LogP contribution in [-0.2, 0) is 4.79 Å². The summed E-state index contributed by atoms with van der Waals surface area (Å²) >= 11 is 0. The molecule has 0 bridgehead atoms. The van der Waals surface area contributed by atoms with E-state index in [0.29, 0.717) is 24.6 Å². The summed E-state index contributed by atoms with van der Waals surface area (Å²) in [6, 6.07) is 7.10. The van der Waals surface area contributed by atoms with E-state index in [1.165, 1.54) is 0 Å². The summed E-state index contributed by atoms with van der Waals surface area (Å²) < 4.78 is 19.3. The van der Waals surface area contributed by atoms with Crippen molar-refractivity contribution in [3.63, 3.8) is 0 Å². The van der Waals surface area contributed by atoms with Gasteiger partial charge < -0.3 is 19.7 Å². The first-order valence-electron chi connectivity index (χ1n) is 6.60. The third-order valence-corrected chi connectivity index (χ3v) is 3.08. The first kappa shape index (κ1) is 10.2. The van der Waals surface area contributed by atoms with E-state index in [0.717, 1.165) is 13.1 Å². The number of nitrogens with one attached hydrogen (secondary N) is 1. The molecule has 3 rings (SSSR count). The Morgan fingerprint density at radius 1 is 1.33 bits per heavy atom. The summed E-state index contributed by atoms with van der Waals surface area (Å²) in [6.45, 7) is 2.63. The maximum atomic E-state index is 12.4. The second-order valence-corrected chi connectivity index (χ2v) is 4.30. The van der Waals surface area contributed by atoms with Gasteiger partial charge in [-0.1, -0.05) is 12.1 Å². The lowest BCUT2D eigenvalue weighted by atomic mass is 10.2. The zero-order chi connectivity index (χ0) is 13.3. The predicted octanol–water partition coefficient (Wildman–Crippen LogP) is 0.258. The molecule has 0 aliphatic carbocycles. The maximum absolute atomic E-state index is 12.4. The van der Waals surface area contributed by atoms with Gasteiger partial charge in [-0.15, -0.1) is 0 Å². The lowest BCUT2D eigenvalue weighted by Gasteiger charge is -2.32. The fourth-order valence-electron chi connectivity index (χ4n) is 2.11. The van der Waals surface area contributed by atoms with Crippen LogP contribution in [0, 0.1) is 0 Å².